The monoisotopic (exact) mass is 339 g/mol. The molecule has 1 unspecified atom stereocenters. The maximum atomic E-state index is 13.8. The van der Waals surface area contributed by atoms with Crippen molar-refractivity contribution in [1.29, 1.82) is 0 Å². The van der Waals surface area contributed by atoms with Gasteiger partial charge in [-0.15, -0.1) is 0 Å². The number of aromatic nitrogens is 2. The number of rotatable bonds is 3. The van der Waals surface area contributed by atoms with Gasteiger partial charge in [0.1, 0.15) is 0 Å². The van der Waals surface area contributed by atoms with E-state index >= 15 is 0 Å². The first-order chi connectivity index (χ1) is 9.66. The molecule has 0 fully saturated rings. The second kappa shape index (κ2) is 5.31. The number of benzene rings is 2. The van der Waals surface area contributed by atoms with Crippen LogP contribution in [-0.2, 0) is 0 Å². The fourth-order valence-corrected chi connectivity index (χ4v) is 3.31. The molecule has 0 bridgehead atoms. The molecule has 0 aliphatic heterocycles. The molecule has 20 heavy (non-hydrogen) atoms. The molecule has 0 aliphatic carbocycles. The first-order valence-electron chi connectivity index (χ1n) is 6.08. The van der Waals surface area contributed by atoms with Crippen molar-refractivity contribution in [2.24, 2.45) is 0 Å². The number of nitrogens with one attached hydrogen (secondary N) is 1. The second-order valence-corrected chi connectivity index (χ2v) is 5.55. The summed E-state index contributed by atoms with van der Waals surface area (Å²) in [6, 6.07) is 8.96. The fourth-order valence-electron chi connectivity index (χ4n) is 2.15. The maximum absolute atomic E-state index is 13.8. The minimum absolute atomic E-state index is 0.0329. The molecule has 1 heterocycles. The molecule has 3 nitrogen and oxygen atoms in total. The number of fused-ring (bicyclic) bond motifs is 1. The first-order valence-corrected chi connectivity index (χ1v) is 7.62. The van der Waals surface area contributed by atoms with Crippen molar-refractivity contribution in [3.63, 3.8) is 0 Å². The number of hydrogen-bond acceptors (Lipinski definition) is 3. The zero-order chi connectivity index (χ0) is 14.1. The van der Waals surface area contributed by atoms with Crippen molar-refractivity contribution in [3.05, 3.63) is 53.6 Å². The van der Waals surface area contributed by atoms with Gasteiger partial charge in [-0.1, -0.05) is 0 Å². The standard InChI is InChI=1S/C14H11F2N3Se/c1-8(13-9(15)4-2-5-10(13)16)17-11-6-3-7-12-14(11)19-20-18-12/h2-8,17H,1H3. The van der Waals surface area contributed by atoms with Gasteiger partial charge in [0.25, 0.3) is 0 Å². The van der Waals surface area contributed by atoms with E-state index in [1.54, 1.807) is 6.92 Å². The third kappa shape index (κ3) is 2.32. The topological polar surface area (TPSA) is 37.8 Å². The molecule has 0 aliphatic rings. The number of anilines is 1. The van der Waals surface area contributed by atoms with Gasteiger partial charge in [-0.25, -0.2) is 0 Å². The second-order valence-electron chi connectivity index (χ2n) is 4.44. The van der Waals surface area contributed by atoms with E-state index in [1.807, 2.05) is 18.2 Å². The molecule has 2 aromatic carbocycles. The minimum atomic E-state index is -0.552. The number of hydrogen-bond donors (Lipinski definition) is 1. The Balaban J connectivity index is 1.97. The van der Waals surface area contributed by atoms with Crippen molar-refractivity contribution in [2.45, 2.75) is 13.0 Å². The predicted octanol–water partition coefficient (Wildman–Crippen LogP) is 3.14. The van der Waals surface area contributed by atoms with Crippen LogP contribution in [0.25, 0.3) is 11.0 Å². The van der Waals surface area contributed by atoms with E-state index in [0.717, 1.165) is 16.7 Å². The van der Waals surface area contributed by atoms with Crippen LogP contribution in [0.15, 0.2) is 36.4 Å². The third-order valence-electron chi connectivity index (χ3n) is 3.09. The van der Waals surface area contributed by atoms with E-state index in [2.05, 4.69) is 13.3 Å². The molecule has 0 amide bonds. The van der Waals surface area contributed by atoms with Crippen molar-refractivity contribution >= 4 is 31.7 Å². The molecule has 0 saturated carbocycles. The van der Waals surface area contributed by atoms with E-state index in [0.29, 0.717) is 0 Å². The Bertz CT molecular complexity index is 737. The van der Waals surface area contributed by atoms with E-state index < -0.39 is 17.7 Å². The zero-order valence-electron chi connectivity index (χ0n) is 10.6. The van der Waals surface area contributed by atoms with Crippen molar-refractivity contribution in [3.8, 4) is 0 Å². The summed E-state index contributed by atoms with van der Waals surface area (Å²) in [5.41, 5.74) is 2.39. The van der Waals surface area contributed by atoms with E-state index in [9.17, 15) is 8.78 Å². The third-order valence-corrected chi connectivity index (χ3v) is 4.23. The van der Waals surface area contributed by atoms with E-state index in [-0.39, 0.29) is 20.5 Å². The van der Waals surface area contributed by atoms with Crippen LogP contribution in [0.1, 0.15) is 18.5 Å². The van der Waals surface area contributed by atoms with Crippen LogP contribution >= 0.6 is 0 Å². The molecule has 1 atom stereocenters. The summed E-state index contributed by atoms with van der Waals surface area (Å²) in [6.45, 7) is 1.72. The summed E-state index contributed by atoms with van der Waals surface area (Å²) in [4.78, 5) is 0. The van der Waals surface area contributed by atoms with Gasteiger partial charge in [0.2, 0.25) is 0 Å². The number of nitrogens with zero attached hydrogens (tertiary/aromatic N) is 2. The van der Waals surface area contributed by atoms with E-state index in [1.165, 1.54) is 18.2 Å². The molecule has 0 saturated heterocycles. The van der Waals surface area contributed by atoms with Crippen LogP contribution in [0, 0.1) is 11.6 Å². The van der Waals surface area contributed by atoms with Crippen molar-refractivity contribution in [1.82, 2.24) is 7.96 Å². The summed E-state index contributed by atoms with van der Waals surface area (Å²) in [5, 5.41) is 3.12. The van der Waals surface area contributed by atoms with Gasteiger partial charge in [-0.05, 0) is 0 Å². The Morgan fingerprint density at radius 1 is 1.05 bits per heavy atom. The molecule has 3 rings (SSSR count). The summed E-state index contributed by atoms with van der Waals surface area (Å²) >= 11 is -0.132. The van der Waals surface area contributed by atoms with Gasteiger partial charge in [-0.2, -0.15) is 0 Å². The molecule has 0 radical (unpaired) electrons. The normalized spacial score (nSPS) is 12.6. The number of halogens is 2. The average molecular weight is 338 g/mol. The van der Waals surface area contributed by atoms with Crippen LogP contribution in [0.5, 0.6) is 0 Å². The molecule has 0 spiro atoms. The fraction of sp³-hybridized carbons (Fsp3) is 0.143. The predicted molar refractivity (Wildman–Crippen MR) is 74.9 cm³/mol. The SMILES string of the molecule is CC(Nc1cccc2n[se]nc12)c1c(F)cccc1F. The average Bonchev–Trinajstić information content (AvgIpc) is 2.88. The van der Waals surface area contributed by atoms with Gasteiger partial charge >= 0.3 is 120 Å². The van der Waals surface area contributed by atoms with Crippen molar-refractivity contribution < 1.29 is 8.78 Å². The Hall–Kier alpha value is -1.78. The van der Waals surface area contributed by atoms with Gasteiger partial charge in [-0.3, -0.25) is 0 Å². The van der Waals surface area contributed by atoms with Crippen molar-refractivity contribution in [2.75, 3.05) is 5.32 Å². The first kappa shape index (κ1) is 13.2. The molecular formula is C14H11F2N3Se. The zero-order valence-corrected chi connectivity index (χ0v) is 12.3. The Morgan fingerprint density at radius 3 is 2.50 bits per heavy atom. The van der Waals surface area contributed by atoms with Gasteiger partial charge in [0, 0.05) is 0 Å². The molecule has 102 valence electrons. The molecule has 1 N–H and O–H groups in total. The van der Waals surface area contributed by atoms with Crippen LogP contribution in [0.2, 0.25) is 0 Å². The van der Waals surface area contributed by atoms with Gasteiger partial charge < -0.3 is 0 Å². The Morgan fingerprint density at radius 2 is 1.75 bits per heavy atom. The summed E-state index contributed by atoms with van der Waals surface area (Å²) < 4.78 is 36.1. The summed E-state index contributed by atoms with van der Waals surface area (Å²) in [7, 11) is 0. The molecule has 3 aromatic rings. The van der Waals surface area contributed by atoms with E-state index in [4.69, 9.17) is 0 Å². The summed E-state index contributed by atoms with van der Waals surface area (Å²) in [5.74, 6) is -1.10. The Kier molecular flexibility index (Phi) is 3.51. The van der Waals surface area contributed by atoms with Crippen LogP contribution in [-0.4, -0.2) is 22.9 Å². The van der Waals surface area contributed by atoms with Gasteiger partial charge in [0.05, 0.1) is 0 Å². The Labute approximate surface area is 120 Å². The van der Waals surface area contributed by atoms with Crippen LogP contribution < -0.4 is 5.32 Å². The quantitative estimate of drug-likeness (QED) is 0.746. The van der Waals surface area contributed by atoms with Gasteiger partial charge in [0.15, 0.2) is 0 Å². The molecule has 6 heteroatoms. The molecule has 1 aromatic heterocycles. The van der Waals surface area contributed by atoms with Crippen LogP contribution in [0.4, 0.5) is 14.5 Å². The molecular weight excluding hydrogens is 327 g/mol. The van der Waals surface area contributed by atoms with Crippen LogP contribution in [0.3, 0.4) is 0 Å². The summed E-state index contributed by atoms with van der Waals surface area (Å²) in [6.07, 6.45) is 0.